The summed E-state index contributed by atoms with van der Waals surface area (Å²) in [4.78, 5) is 7.88. The minimum absolute atomic E-state index is 0.00321. The molecule has 1 aromatic carbocycles. The van der Waals surface area contributed by atoms with Crippen LogP contribution in [0.1, 0.15) is 51.5 Å². The van der Waals surface area contributed by atoms with E-state index in [1.165, 1.54) is 5.56 Å². The van der Waals surface area contributed by atoms with E-state index < -0.39 is 0 Å². The van der Waals surface area contributed by atoms with E-state index in [-0.39, 0.29) is 6.04 Å². The van der Waals surface area contributed by atoms with Gasteiger partial charge in [0.2, 0.25) is 0 Å². The predicted octanol–water partition coefficient (Wildman–Crippen LogP) is 3.56. The summed E-state index contributed by atoms with van der Waals surface area (Å²) in [6, 6.07) is 6.44. The molecule has 1 heterocycles. The Bertz CT molecular complexity index is 534. The van der Waals surface area contributed by atoms with Crippen molar-refractivity contribution in [2.24, 2.45) is 11.1 Å². The second-order valence-electron chi connectivity index (χ2n) is 6.23. The number of fused-ring (bicyclic) bond motifs is 1. The number of aromatic nitrogens is 2. The summed E-state index contributed by atoms with van der Waals surface area (Å²) in [5, 5.41) is 0. The molecule has 18 heavy (non-hydrogen) atoms. The van der Waals surface area contributed by atoms with E-state index in [4.69, 9.17) is 5.73 Å². The molecular weight excluding hydrogens is 222 g/mol. The van der Waals surface area contributed by atoms with Crippen LogP contribution in [0.15, 0.2) is 18.2 Å². The number of hydrogen-bond donors (Lipinski definition) is 2. The first kappa shape index (κ1) is 13.1. The molecule has 3 nitrogen and oxygen atoms in total. The normalized spacial score (nSPS) is 14.1. The fourth-order valence-electron chi connectivity index (χ4n) is 2.17. The Morgan fingerprint density at radius 1 is 1.33 bits per heavy atom. The summed E-state index contributed by atoms with van der Waals surface area (Å²) in [7, 11) is 0. The van der Waals surface area contributed by atoms with Crippen LogP contribution in [0.5, 0.6) is 0 Å². The van der Waals surface area contributed by atoms with E-state index in [1.54, 1.807) is 0 Å². The molecule has 0 aliphatic heterocycles. The Kier molecular flexibility index (Phi) is 3.44. The monoisotopic (exact) mass is 245 g/mol. The summed E-state index contributed by atoms with van der Waals surface area (Å²) in [5.41, 5.74) is 9.75. The van der Waals surface area contributed by atoms with Crippen LogP contribution in [0, 0.1) is 5.41 Å². The molecule has 1 atom stereocenters. The van der Waals surface area contributed by atoms with Gasteiger partial charge >= 0.3 is 0 Å². The van der Waals surface area contributed by atoms with E-state index in [0.29, 0.717) is 5.41 Å². The van der Waals surface area contributed by atoms with Crippen LogP contribution < -0.4 is 5.73 Å². The van der Waals surface area contributed by atoms with Gasteiger partial charge in [0.25, 0.3) is 0 Å². The largest absolute Gasteiger partial charge is 0.341 e. The molecule has 0 unspecified atom stereocenters. The molecule has 0 amide bonds. The number of nitrogens with zero attached hydrogens (tertiary/aromatic N) is 1. The van der Waals surface area contributed by atoms with Crippen molar-refractivity contribution in [1.82, 2.24) is 9.97 Å². The van der Waals surface area contributed by atoms with Crippen molar-refractivity contribution in [3.63, 3.8) is 0 Å². The molecule has 0 aliphatic carbocycles. The minimum atomic E-state index is 0.00321. The maximum absolute atomic E-state index is 6.00. The van der Waals surface area contributed by atoms with E-state index >= 15 is 0 Å². The maximum atomic E-state index is 6.00. The van der Waals surface area contributed by atoms with Gasteiger partial charge in [-0.25, -0.2) is 4.98 Å². The molecule has 3 N–H and O–H groups in total. The molecule has 98 valence electrons. The molecule has 2 rings (SSSR count). The maximum Gasteiger partial charge on any atom is 0.124 e. The number of nitrogens with one attached hydrogen (secondary N) is 1. The van der Waals surface area contributed by atoms with Crippen molar-refractivity contribution in [3.05, 3.63) is 29.6 Å². The van der Waals surface area contributed by atoms with Crippen molar-refractivity contribution < 1.29 is 0 Å². The Balaban J connectivity index is 2.34. The number of H-pyrrole nitrogens is 1. The fraction of sp³-hybridized carbons (Fsp3) is 0.533. The van der Waals surface area contributed by atoms with Crippen molar-refractivity contribution in [2.75, 3.05) is 0 Å². The van der Waals surface area contributed by atoms with Gasteiger partial charge < -0.3 is 10.7 Å². The SMILES string of the molecule is CC[C@H](N)c1nc2ccc(CC(C)(C)C)cc2[nH]1. The van der Waals surface area contributed by atoms with E-state index in [1.807, 2.05) is 0 Å². The lowest BCUT2D eigenvalue weighted by Crippen LogP contribution is -2.10. The Hall–Kier alpha value is -1.35. The Morgan fingerprint density at radius 2 is 2.06 bits per heavy atom. The highest BCUT2D eigenvalue weighted by Gasteiger charge is 2.13. The topological polar surface area (TPSA) is 54.7 Å². The summed E-state index contributed by atoms with van der Waals surface area (Å²) in [6.45, 7) is 8.83. The smallest absolute Gasteiger partial charge is 0.124 e. The predicted molar refractivity (Wildman–Crippen MR) is 76.5 cm³/mol. The van der Waals surface area contributed by atoms with E-state index in [2.05, 4.69) is 55.9 Å². The van der Waals surface area contributed by atoms with Gasteiger partial charge in [0.05, 0.1) is 17.1 Å². The number of nitrogens with two attached hydrogens (primary N) is 1. The van der Waals surface area contributed by atoms with Crippen molar-refractivity contribution in [3.8, 4) is 0 Å². The average molecular weight is 245 g/mol. The third-order valence-electron chi connectivity index (χ3n) is 3.09. The van der Waals surface area contributed by atoms with Gasteiger partial charge in [-0.15, -0.1) is 0 Å². The van der Waals surface area contributed by atoms with Crippen molar-refractivity contribution in [2.45, 2.75) is 46.6 Å². The Labute approximate surface area is 109 Å². The van der Waals surface area contributed by atoms with Gasteiger partial charge in [0.1, 0.15) is 5.82 Å². The highest BCUT2D eigenvalue weighted by molar-refractivity contribution is 5.76. The van der Waals surface area contributed by atoms with Crippen LogP contribution in [-0.2, 0) is 6.42 Å². The summed E-state index contributed by atoms with van der Waals surface area (Å²) < 4.78 is 0. The second kappa shape index (κ2) is 4.73. The third-order valence-corrected chi connectivity index (χ3v) is 3.09. The summed E-state index contributed by atoms with van der Waals surface area (Å²) in [5.74, 6) is 0.889. The second-order valence-corrected chi connectivity index (χ2v) is 6.23. The van der Waals surface area contributed by atoms with Gasteiger partial charge in [0.15, 0.2) is 0 Å². The zero-order chi connectivity index (χ0) is 13.3. The van der Waals surface area contributed by atoms with Crippen molar-refractivity contribution >= 4 is 11.0 Å². The van der Waals surface area contributed by atoms with Crippen molar-refractivity contribution in [1.29, 1.82) is 0 Å². The number of benzene rings is 1. The number of imidazole rings is 1. The molecule has 0 bridgehead atoms. The van der Waals surface area contributed by atoms with E-state index in [9.17, 15) is 0 Å². The lowest BCUT2D eigenvalue weighted by Gasteiger charge is -2.17. The molecule has 0 fully saturated rings. The first-order valence-electron chi connectivity index (χ1n) is 6.63. The van der Waals surface area contributed by atoms with Crippen LogP contribution in [0.3, 0.4) is 0 Å². The molecule has 0 aliphatic rings. The minimum Gasteiger partial charge on any atom is -0.341 e. The van der Waals surface area contributed by atoms with Gasteiger partial charge in [0, 0.05) is 0 Å². The van der Waals surface area contributed by atoms with Gasteiger partial charge in [-0.3, -0.25) is 0 Å². The zero-order valence-corrected chi connectivity index (χ0v) is 11.7. The fourth-order valence-corrected chi connectivity index (χ4v) is 2.17. The van der Waals surface area contributed by atoms with Crippen LogP contribution in [0.4, 0.5) is 0 Å². The molecule has 2 aromatic rings. The molecular formula is C15H23N3. The zero-order valence-electron chi connectivity index (χ0n) is 11.7. The van der Waals surface area contributed by atoms with Crippen LogP contribution >= 0.6 is 0 Å². The number of rotatable bonds is 3. The van der Waals surface area contributed by atoms with E-state index in [0.717, 1.165) is 29.7 Å². The number of aromatic amines is 1. The summed E-state index contributed by atoms with van der Waals surface area (Å²) in [6.07, 6.45) is 1.96. The molecule has 0 saturated heterocycles. The lowest BCUT2D eigenvalue weighted by molar-refractivity contribution is 0.411. The molecule has 0 spiro atoms. The average Bonchev–Trinajstić information content (AvgIpc) is 2.68. The standard InChI is InChI=1S/C15H23N3/c1-5-11(16)14-17-12-7-6-10(8-13(12)18-14)9-15(2,3)4/h6-8,11H,5,9,16H2,1-4H3,(H,17,18)/t11-/m0/s1. The molecule has 0 radical (unpaired) electrons. The highest BCUT2D eigenvalue weighted by Crippen LogP contribution is 2.23. The van der Waals surface area contributed by atoms with Gasteiger partial charge in [-0.05, 0) is 36.0 Å². The molecule has 1 aromatic heterocycles. The van der Waals surface area contributed by atoms with Crippen LogP contribution in [-0.4, -0.2) is 9.97 Å². The van der Waals surface area contributed by atoms with Gasteiger partial charge in [-0.2, -0.15) is 0 Å². The lowest BCUT2D eigenvalue weighted by atomic mass is 9.88. The number of hydrogen-bond acceptors (Lipinski definition) is 2. The quantitative estimate of drug-likeness (QED) is 0.868. The van der Waals surface area contributed by atoms with Gasteiger partial charge in [-0.1, -0.05) is 33.8 Å². The first-order chi connectivity index (χ1) is 8.39. The first-order valence-corrected chi connectivity index (χ1v) is 6.63. The highest BCUT2D eigenvalue weighted by atomic mass is 15.0. The van der Waals surface area contributed by atoms with Crippen LogP contribution in [0.25, 0.3) is 11.0 Å². The molecule has 0 saturated carbocycles. The molecule has 3 heteroatoms. The third kappa shape index (κ3) is 2.91. The van der Waals surface area contributed by atoms with Crippen LogP contribution in [0.2, 0.25) is 0 Å². The summed E-state index contributed by atoms with van der Waals surface area (Å²) >= 11 is 0. The Morgan fingerprint density at radius 3 is 2.67 bits per heavy atom.